The fourth-order valence-corrected chi connectivity index (χ4v) is 1.44. The highest BCUT2D eigenvalue weighted by atomic mass is 16.5. The highest BCUT2D eigenvalue weighted by Gasteiger charge is 2.00. The van der Waals surface area contributed by atoms with Crippen molar-refractivity contribution in [3.8, 4) is 0 Å². The number of hydrogen-bond donors (Lipinski definition) is 0. The topological polar surface area (TPSA) is 9.23 Å². The molecule has 0 aliphatic rings. The Labute approximate surface area is 92.8 Å². The second-order valence-electron chi connectivity index (χ2n) is 3.97. The maximum Gasteiger partial charge on any atom is 0.0717 e. The first-order valence-corrected chi connectivity index (χ1v) is 5.55. The predicted octanol–water partition coefficient (Wildman–Crippen LogP) is 3.81. The average Bonchev–Trinajstić information content (AvgIpc) is 2.28. The summed E-state index contributed by atoms with van der Waals surface area (Å²) in [4.78, 5) is 0. The van der Waals surface area contributed by atoms with Crippen molar-refractivity contribution >= 4 is 0 Å². The molecule has 0 heterocycles. The Kier molecular flexibility index (Phi) is 5.79. The quantitative estimate of drug-likeness (QED) is 0.614. The van der Waals surface area contributed by atoms with Crippen LogP contribution in [0.4, 0.5) is 0 Å². The van der Waals surface area contributed by atoms with Crippen LogP contribution in [0.2, 0.25) is 0 Å². The molecule has 1 aromatic rings. The molecule has 0 fully saturated rings. The molecule has 1 heteroatoms. The van der Waals surface area contributed by atoms with Gasteiger partial charge >= 0.3 is 0 Å². The molecular formula is C14H20O. The van der Waals surface area contributed by atoms with Gasteiger partial charge in [-0.1, -0.05) is 43.3 Å². The van der Waals surface area contributed by atoms with Crippen LogP contribution in [-0.4, -0.2) is 6.61 Å². The summed E-state index contributed by atoms with van der Waals surface area (Å²) in [6.45, 7) is 7.49. The number of benzene rings is 1. The highest BCUT2D eigenvalue weighted by molar-refractivity contribution is 5.13. The minimum atomic E-state index is 0.617. The van der Waals surface area contributed by atoms with Gasteiger partial charge in [0.15, 0.2) is 0 Å². The van der Waals surface area contributed by atoms with E-state index < -0.39 is 0 Å². The summed E-state index contributed by atoms with van der Waals surface area (Å²) in [6, 6.07) is 10.3. The lowest BCUT2D eigenvalue weighted by Gasteiger charge is -2.10. The Morgan fingerprint density at radius 3 is 2.73 bits per heavy atom. The third kappa shape index (κ3) is 5.38. The number of allylic oxidation sites excluding steroid dienone is 1. The summed E-state index contributed by atoms with van der Waals surface area (Å²) < 4.78 is 5.64. The monoisotopic (exact) mass is 204 g/mol. The molecular weight excluding hydrogens is 184 g/mol. The zero-order chi connectivity index (χ0) is 10.9. The lowest BCUT2D eigenvalue weighted by atomic mass is 10.1. The molecule has 1 aromatic carbocycles. The third-order valence-corrected chi connectivity index (χ3v) is 2.38. The second kappa shape index (κ2) is 7.24. The SMILES string of the molecule is C=CCC[C@H](C)COCc1ccccc1. The van der Waals surface area contributed by atoms with Crippen molar-refractivity contribution in [1.82, 2.24) is 0 Å². The number of ether oxygens (including phenoxy) is 1. The second-order valence-corrected chi connectivity index (χ2v) is 3.97. The average molecular weight is 204 g/mol. The van der Waals surface area contributed by atoms with Gasteiger partial charge in [0.1, 0.15) is 0 Å². The van der Waals surface area contributed by atoms with Crippen molar-refractivity contribution in [2.75, 3.05) is 6.61 Å². The van der Waals surface area contributed by atoms with Crippen LogP contribution in [0.3, 0.4) is 0 Å². The zero-order valence-corrected chi connectivity index (χ0v) is 9.49. The molecule has 1 atom stereocenters. The van der Waals surface area contributed by atoms with Gasteiger partial charge < -0.3 is 4.74 Å². The molecule has 82 valence electrons. The maximum absolute atomic E-state index is 5.64. The van der Waals surface area contributed by atoms with Crippen molar-refractivity contribution in [2.45, 2.75) is 26.4 Å². The molecule has 0 saturated heterocycles. The van der Waals surface area contributed by atoms with E-state index in [0.717, 1.165) is 26.1 Å². The lowest BCUT2D eigenvalue weighted by molar-refractivity contribution is 0.0899. The van der Waals surface area contributed by atoms with Crippen molar-refractivity contribution in [2.24, 2.45) is 5.92 Å². The van der Waals surface area contributed by atoms with Crippen LogP contribution < -0.4 is 0 Å². The van der Waals surface area contributed by atoms with Gasteiger partial charge in [-0.2, -0.15) is 0 Å². The van der Waals surface area contributed by atoms with Crippen molar-refractivity contribution in [3.63, 3.8) is 0 Å². The van der Waals surface area contributed by atoms with E-state index in [2.05, 4.69) is 25.6 Å². The summed E-state index contributed by atoms with van der Waals surface area (Å²) in [7, 11) is 0. The van der Waals surface area contributed by atoms with Crippen molar-refractivity contribution in [1.29, 1.82) is 0 Å². The van der Waals surface area contributed by atoms with E-state index >= 15 is 0 Å². The molecule has 0 bridgehead atoms. The molecule has 0 aliphatic heterocycles. The number of hydrogen-bond acceptors (Lipinski definition) is 1. The van der Waals surface area contributed by atoms with Gasteiger partial charge in [0.2, 0.25) is 0 Å². The molecule has 0 N–H and O–H groups in total. The van der Waals surface area contributed by atoms with E-state index in [-0.39, 0.29) is 0 Å². The molecule has 0 saturated carbocycles. The van der Waals surface area contributed by atoms with E-state index in [1.54, 1.807) is 0 Å². The van der Waals surface area contributed by atoms with Gasteiger partial charge in [-0.3, -0.25) is 0 Å². The summed E-state index contributed by atoms with van der Waals surface area (Å²) in [5.41, 5.74) is 1.24. The normalized spacial score (nSPS) is 12.3. The largest absolute Gasteiger partial charge is 0.376 e. The standard InChI is InChI=1S/C14H20O/c1-3-4-8-13(2)11-15-12-14-9-6-5-7-10-14/h3,5-7,9-10,13H,1,4,8,11-12H2,2H3/t13-/m0/s1. The molecule has 1 rings (SSSR count). The van der Waals surface area contributed by atoms with Gasteiger partial charge in [0, 0.05) is 6.61 Å². The molecule has 0 unspecified atom stereocenters. The number of rotatable bonds is 7. The van der Waals surface area contributed by atoms with Gasteiger partial charge in [0.25, 0.3) is 0 Å². The predicted molar refractivity (Wildman–Crippen MR) is 64.7 cm³/mol. The zero-order valence-electron chi connectivity index (χ0n) is 9.49. The summed E-state index contributed by atoms with van der Waals surface area (Å²) in [5.74, 6) is 0.617. The van der Waals surface area contributed by atoms with Crippen LogP contribution in [0, 0.1) is 5.92 Å². The van der Waals surface area contributed by atoms with Crippen LogP contribution in [0.25, 0.3) is 0 Å². The van der Waals surface area contributed by atoms with E-state index in [9.17, 15) is 0 Å². The molecule has 1 nitrogen and oxygen atoms in total. The Hall–Kier alpha value is -1.08. The fourth-order valence-electron chi connectivity index (χ4n) is 1.44. The van der Waals surface area contributed by atoms with Gasteiger partial charge in [-0.05, 0) is 24.3 Å². The minimum absolute atomic E-state index is 0.617. The molecule has 0 aromatic heterocycles. The summed E-state index contributed by atoms with van der Waals surface area (Å²) in [5, 5.41) is 0. The van der Waals surface area contributed by atoms with E-state index in [0.29, 0.717) is 5.92 Å². The van der Waals surface area contributed by atoms with Crippen LogP contribution in [0.1, 0.15) is 25.3 Å². The highest BCUT2D eigenvalue weighted by Crippen LogP contribution is 2.08. The summed E-state index contributed by atoms with van der Waals surface area (Å²) in [6.07, 6.45) is 4.21. The fraction of sp³-hybridized carbons (Fsp3) is 0.429. The maximum atomic E-state index is 5.64. The summed E-state index contributed by atoms with van der Waals surface area (Å²) >= 11 is 0. The Morgan fingerprint density at radius 2 is 2.07 bits per heavy atom. The van der Waals surface area contributed by atoms with Crippen LogP contribution in [0.15, 0.2) is 43.0 Å². The van der Waals surface area contributed by atoms with Crippen molar-refractivity contribution < 1.29 is 4.74 Å². The van der Waals surface area contributed by atoms with E-state index in [1.807, 2.05) is 24.3 Å². The van der Waals surface area contributed by atoms with Crippen LogP contribution in [-0.2, 0) is 11.3 Å². The van der Waals surface area contributed by atoms with Gasteiger partial charge in [0.05, 0.1) is 6.61 Å². The Bertz CT molecular complexity index is 266. The molecule has 0 radical (unpaired) electrons. The Morgan fingerprint density at radius 1 is 1.33 bits per heavy atom. The Balaban J connectivity index is 2.13. The third-order valence-electron chi connectivity index (χ3n) is 2.38. The first-order valence-electron chi connectivity index (χ1n) is 5.55. The van der Waals surface area contributed by atoms with E-state index in [4.69, 9.17) is 4.74 Å². The van der Waals surface area contributed by atoms with Gasteiger partial charge in [-0.15, -0.1) is 6.58 Å². The first-order chi connectivity index (χ1) is 7.33. The van der Waals surface area contributed by atoms with Crippen LogP contribution >= 0.6 is 0 Å². The van der Waals surface area contributed by atoms with Gasteiger partial charge in [-0.25, -0.2) is 0 Å². The first kappa shape index (κ1) is 12.0. The minimum Gasteiger partial charge on any atom is -0.376 e. The molecule has 15 heavy (non-hydrogen) atoms. The van der Waals surface area contributed by atoms with E-state index in [1.165, 1.54) is 5.56 Å². The smallest absolute Gasteiger partial charge is 0.0717 e. The van der Waals surface area contributed by atoms with Crippen LogP contribution in [0.5, 0.6) is 0 Å². The molecule has 0 amide bonds. The van der Waals surface area contributed by atoms with Crippen molar-refractivity contribution in [3.05, 3.63) is 48.6 Å². The molecule has 0 aliphatic carbocycles. The lowest BCUT2D eigenvalue weighted by Crippen LogP contribution is -2.05. The molecule has 0 spiro atoms.